The Morgan fingerprint density at radius 3 is 2.74 bits per heavy atom. The highest BCUT2D eigenvalue weighted by atomic mass is 32.1. The summed E-state index contributed by atoms with van der Waals surface area (Å²) in [4.78, 5) is 3.67. The zero-order chi connectivity index (χ0) is 13.1. The van der Waals surface area contributed by atoms with Gasteiger partial charge >= 0.3 is 0 Å². The number of hydrogen-bond acceptors (Lipinski definition) is 4. The molecule has 0 spiro atoms. The molecule has 0 radical (unpaired) electrons. The van der Waals surface area contributed by atoms with Crippen molar-refractivity contribution in [2.24, 2.45) is 0 Å². The quantitative estimate of drug-likeness (QED) is 0.875. The summed E-state index contributed by atoms with van der Waals surface area (Å²) in [6.07, 6.45) is 0.964. The Morgan fingerprint density at radius 2 is 2.05 bits per heavy atom. The molecule has 0 amide bonds. The molecule has 2 N–H and O–H groups in total. The molecule has 1 aliphatic rings. The normalized spacial score (nSPS) is 15.7. The molecule has 0 aliphatic carbocycles. The first-order chi connectivity index (χ1) is 9.33. The van der Waals surface area contributed by atoms with E-state index in [-0.39, 0.29) is 0 Å². The van der Waals surface area contributed by atoms with Crippen molar-refractivity contribution in [1.29, 1.82) is 0 Å². The summed E-state index contributed by atoms with van der Waals surface area (Å²) in [6.45, 7) is 3.43. The van der Waals surface area contributed by atoms with Gasteiger partial charge in [0.05, 0.1) is 24.6 Å². The lowest BCUT2D eigenvalue weighted by atomic mass is 10.1. The molecule has 1 aromatic heterocycles. The highest BCUT2D eigenvalue weighted by molar-refractivity contribution is 7.09. The number of rotatable bonds is 3. The van der Waals surface area contributed by atoms with Crippen LogP contribution in [0.3, 0.4) is 0 Å². The molecule has 3 nitrogen and oxygen atoms in total. The first kappa shape index (κ1) is 12.5. The number of benzene rings is 1. The van der Waals surface area contributed by atoms with Gasteiger partial charge in [-0.05, 0) is 29.1 Å². The van der Waals surface area contributed by atoms with Crippen LogP contribution < -0.4 is 10.6 Å². The smallest absolute Gasteiger partial charge is 0.0642 e. The van der Waals surface area contributed by atoms with Gasteiger partial charge in [0.25, 0.3) is 0 Å². The van der Waals surface area contributed by atoms with E-state index in [0.717, 1.165) is 44.1 Å². The first-order valence-electron chi connectivity index (χ1n) is 6.56. The number of nitrogens with two attached hydrogens (primary N) is 1. The number of morpholine rings is 1. The zero-order valence-corrected chi connectivity index (χ0v) is 11.7. The third-order valence-corrected chi connectivity index (χ3v) is 4.28. The van der Waals surface area contributed by atoms with Crippen molar-refractivity contribution in [2.75, 3.05) is 36.9 Å². The molecule has 1 saturated heterocycles. The second kappa shape index (κ2) is 5.63. The van der Waals surface area contributed by atoms with Gasteiger partial charge in [-0.25, -0.2) is 0 Å². The van der Waals surface area contributed by atoms with Crippen LogP contribution in [0.15, 0.2) is 35.7 Å². The minimum absolute atomic E-state index is 0.788. The van der Waals surface area contributed by atoms with Gasteiger partial charge in [0, 0.05) is 24.4 Å². The van der Waals surface area contributed by atoms with Crippen molar-refractivity contribution >= 4 is 22.7 Å². The fourth-order valence-electron chi connectivity index (χ4n) is 2.42. The van der Waals surface area contributed by atoms with E-state index in [1.807, 2.05) is 0 Å². The van der Waals surface area contributed by atoms with Crippen LogP contribution in [-0.4, -0.2) is 26.3 Å². The van der Waals surface area contributed by atoms with Gasteiger partial charge in [0.1, 0.15) is 0 Å². The lowest BCUT2D eigenvalue weighted by Gasteiger charge is -2.30. The maximum atomic E-state index is 6.20. The molecule has 4 heteroatoms. The molecule has 100 valence electrons. The van der Waals surface area contributed by atoms with Crippen LogP contribution in [0.2, 0.25) is 0 Å². The number of ether oxygens (including phenoxy) is 1. The minimum Gasteiger partial charge on any atom is -0.397 e. The summed E-state index contributed by atoms with van der Waals surface area (Å²) in [5.74, 6) is 0. The van der Waals surface area contributed by atoms with E-state index in [4.69, 9.17) is 10.5 Å². The number of thiophene rings is 1. The summed E-state index contributed by atoms with van der Waals surface area (Å²) in [7, 11) is 0. The molecule has 0 bridgehead atoms. The Bertz CT molecular complexity index is 533. The minimum atomic E-state index is 0.788. The monoisotopic (exact) mass is 274 g/mol. The molecule has 19 heavy (non-hydrogen) atoms. The first-order valence-corrected chi connectivity index (χ1v) is 7.44. The van der Waals surface area contributed by atoms with Crippen molar-refractivity contribution < 1.29 is 4.74 Å². The van der Waals surface area contributed by atoms with Gasteiger partial charge in [-0.3, -0.25) is 0 Å². The van der Waals surface area contributed by atoms with Gasteiger partial charge in [-0.2, -0.15) is 0 Å². The molecule has 0 atom stereocenters. The Balaban J connectivity index is 1.77. The molecule has 0 saturated carbocycles. The van der Waals surface area contributed by atoms with Crippen LogP contribution >= 0.6 is 11.3 Å². The van der Waals surface area contributed by atoms with E-state index in [0.29, 0.717) is 0 Å². The molecule has 2 heterocycles. The highest BCUT2D eigenvalue weighted by Crippen LogP contribution is 2.26. The van der Waals surface area contributed by atoms with Crippen LogP contribution in [0, 0.1) is 0 Å². The maximum absolute atomic E-state index is 6.20. The molecule has 2 aromatic rings. The lowest BCUT2D eigenvalue weighted by Crippen LogP contribution is -2.36. The van der Waals surface area contributed by atoms with E-state index in [9.17, 15) is 0 Å². The van der Waals surface area contributed by atoms with Crippen molar-refractivity contribution in [3.8, 4) is 0 Å². The Kier molecular flexibility index (Phi) is 3.71. The largest absolute Gasteiger partial charge is 0.397 e. The summed E-state index contributed by atoms with van der Waals surface area (Å²) in [6, 6.07) is 10.7. The van der Waals surface area contributed by atoms with E-state index >= 15 is 0 Å². The summed E-state index contributed by atoms with van der Waals surface area (Å²) in [5.41, 5.74) is 9.49. The average Bonchev–Trinajstić information content (AvgIpc) is 2.93. The molecule has 1 fully saturated rings. The maximum Gasteiger partial charge on any atom is 0.0642 e. The Morgan fingerprint density at radius 1 is 1.21 bits per heavy atom. The van der Waals surface area contributed by atoms with Crippen molar-refractivity contribution in [3.63, 3.8) is 0 Å². The topological polar surface area (TPSA) is 38.5 Å². The standard InChI is InChI=1S/C15H18N2OS/c16-14-11-12(10-13-2-1-9-19-13)3-4-15(14)17-5-7-18-8-6-17/h1-4,9,11H,5-8,10,16H2. The molecule has 3 rings (SSSR count). The SMILES string of the molecule is Nc1cc(Cc2cccs2)ccc1N1CCOCC1. The van der Waals surface area contributed by atoms with Gasteiger partial charge in [-0.15, -0.1) is 11.3 Å². The Labute approximate surface area is 117 Å². The van der Waals surface area contributed by atoms with Crippen molar-refractivity contribution in [2.45, 2.75) is 6.42 Å². The van der Waals surface area contributed by atoms with Gasteiger partial charge in [0.2, 0.25) is 0 Å². The lowest BCUT2D eigenvalue weighted by molar-refractivity contribution is 0.123. The molecular formula is C15H18N2OS. The third kappa shape index (κ3) is 2.91. The fourth-order valence-corrected chi connectivity index (χ4v) is 3.16. The molecule has 1 aromatic carbocycles. The number of anilines is 2. The van der Waals surface area contributed by atoms with Crippen LogP contribution in [0.4, 0.5) is 11.4 Å². The predicted molar refractivity (Wildman–Crippen MR) is 81.0 cm³/mol. The van der Waals surface area contributed by atoms with Crippen LogP contribution in [0.5, 0.6) is 0 Å². The third-order valence-electron chi connectivity index (χ3n) is 3.40. The van der Waals surface area contributed by atoms with E-state index in [1.54, 1.807) is 11.3 Å². The molecular weight excluding hydrogens is 256 g/mol. The summed E-state index contributed by atoms with van der Waals surface area (Å²) < 4.78 is 5.37. The second-order valence-corrected chi connectivity index (χ2v) is 5.78. The molecule has 0 unspecified atom stereocenters. The Hall–Kier alpha value is -1.52. The fraction of sp³-hybridized carbons (Fsp3) is 0.333. The summed E-state index contributed by atoms with van der Waals surface area (Å²) >= 11 is 1.79. The van der Waals surface area contributed by atoms with Gasteiger partial charge < -0.3 is 15.4 Å². The highest BCUT2D eigenvalue weighted by Gasteiger charge is 2.13. The zero-order valence-electron chi connectivity index (χ0n) is 10.8. The van der Waals surface area contributed by atoms with E-state index < -0.39 is 0 Å². The van der Waals surface area contributed by atoms with Gasteiger partial charge in [0.15, 0.2) is 0 Å². The van der Waals surface area contributed by atoms with E-state index in [2.05, 4.69) is 40.6 Å². The average molecular weight is 274 g/mol. The van der Waals surface area contributed by atoms with Crippen LogP contribution in [-0.2, 0) is 11.2 Å². The van der Waals surface area contributed by atoms with Crippen molar-refractivity contribution in [1.82, 2.24) is 0 Å². The number of nitrogen functional groups attached to an aromatic ring is 1. The van der Waals surface area contributed by atoms with Crippen LogP contribution in [0.1, 0.15) is 10.4 Å². The molecule has 1 aliphatic heterocycles. The van der Waals surface area contributed by atoms with Crippen LogP contribution in [0.25, 0.3) is 0 Å². The van der Waals surface area contributed by atoms with Gasteiger partial charge in [-0.1, -0.05) is 12.1 Å². The summed E-state index contributed by atoms with van der Waals surface area (Å²) in [5, 5.41) is 2.11. The second-order valence-electron chi connectivity index (χ2n) is 4.75. The number of nitrogens with zero attached hydrogens (tertiary/aromatic N) is 1. The predicted octanol–water partition coefficient (Wildman–Crippen LogP) is 2.76. The van der Waals surface area contributed by atoms with Crippen molar-refractivity contribution in [3.05, 3.63) is 46.2 Å². The number of hydrogen-bond donors (Lipinski definition) is 1. The van der Waals surface area contributed by atoms with E-state index in [1.165, 1.54) is 10.4 Å².